The van der Waals surface area contributed by atoms with Crippen LogP contribution in [0.25, 0.3) is 0 Å². The summed E-state index contributed by atoms with van der Waals surface area (Å²) in [6.45, 7) is 3.87. The molecule has 30 heavy (non-hydrogen) atoms. The second kappa shape index (κ2) is 9.17. The molecule has 0 fully saturated rings. The molecule has 7 heteroatoms. The van der Waals surface area contributed by atoms with Crippen molar-refractivity contribution in [2.75, 3.05) is 21.3 Å². The summed E-state index contributed by atoms with van der Waals surface area (Å²) in [6, 6.07) is 13.0. The second-order valence-corrected chi connectivity index (χ2v) is 7.43. The fraction of sp³-hybridized carbons (Fsp3) is 0.304. The molecule has 1 N–H and O–H groups in total. The number of ether oxygens (including phenoxy) is 3. The van der Waals surface area contributed by atoms with Gasteiger partial charge in [-0.25, -0.2) is 0 Å². The van der Waals surface area contributed by atoms with Crippen LogP contribution in [0.4, 0.5) is 0 Å². The SMILES string of the molecule is COc1ccc(COc2ccc(C3NC(=S)N(C)C(C)=C3C(C)=O)cc2OC)cc1. The van der Waals surface area contributed by atoms with Crippen molar-refractivity contribution in [1.82, 2.24) is 10.2 Å². The van der Waals surface area contributed by atoms with E-state index in [1.807, 2.05) is 61.3 Å². The predicted molar refractivity (Wildman–Crippen MR) is 120 cm³/mol. The van der Waals surface area contributed by atoms with Crippen LogP contribution in [0.2, 0.25) is 0 Å². The van der Waals surface area contributed by atoms with Gasteiger partial charge in [0.05, 0.1) is 20.3 Å². The number of ketones is 1. The normalized spacial score (nSPS) is 16.2. The lowest BCUT2D eigenvalue weighted by molar-refractivity contribution is -0.114. The van der Waals surface area contributed by atoms with Crippen LogP contribution < -0.4 is 19.5 Å². The summed E-state index contributed by atoms with van der Waals surface area (Å²) >= 11 is 5.43. The highest BCUT2D eigenvalue weighted by atomic mass is 32.1. The molecule has 0 saturated heterocycles. The highest BCUT2D eigenvalue weighted by molar-refractivity contribution is 7.80. The van der Waals surface area contributed by atoms with Crippen molar-refractivity contribution in [3.63, 3.8) is 0 Å². The van der Waals surface area contributed by atoms with Gasteiger partial charge in [0, 0.05) is 18.3 Å². The largest absolute Gasteiger partial charge is 0.497 e. The molecule has 6 nitrogen and oxygen atoms in total. The van der Waals surface area contributed by atoms with E-state index < -0.39 is 0 Å². The number of Topliss-reactive ketones (excluding diaryl/α,β-unsaturated/α-hetero) is 1. The Morgan fingerprint density at radius 3 is 2.40 bits per heavy atom. The number of thiocarbonyl (C=S) groups is 1. The quantitative estimate of drug-likeness (QED) is 0.672. The molecular weight excluding hydrogens is 400 g/mol. The van der Waals surface area contributed by atoms with Crippen LogP contribution in [0.3, 0.4) is 0 Å². The van der Waals surface area contributed by atoms with E-state index in [9.17, 15) is 4.79 Å². The summed E-state index contributed by atoms with van der Waals surface area (Å²) < 4.78 is 16.7. The van der Waals surface area contributed by atoms with E-state index in [0.717, 1.165) is 22.6 Å². The molecule has 1 unspecified atom stereocenters. The third-order valence-electron chi connectivity index (χ3n) is 5.21. The molecule has 0 saturated carbocycles. The van der Waals surface area contributed by atoms with Crippen molar-refractivity contribution in [3.8, 4) is 17.2 Å². The predicted octanol–water partition coefficient (Wildman–Crippen LogP) is 4.01. The number of benzene rings is 2. The molecule has 0 amide bonds. The summed E-state index contributed by atoms with van der Waals surface area (Å²) in [7, 11) is 5.08. The van der Waals surface area contributed by atoms with Gasteiger partial charge in [-0.05, 0) is 61.5 Å². The first kappa shape index (κ1) is 21.6. The van der Waals surface area contributed by atoms with Crippen molar-refractivity contribution >= 4 is 23.1 Å². The van der Waals surface area contributed by atoms with Gasteiger partial charge >= 0.3 is 0 Å². The van der Waals surface area contributed by atoms with Gasteiger partial charge in [-0.2, -0.15) is 0 Å². The zero-order chi connectivity index (χ0) is 21.8. The van der Waals surface area contributed by atoms with Gasteiger partial charge in [-0.15, -0.1) is 0 Å². The fourth-order valence-electron chi connectivity index (χ4n) is 3.41. The standard InChI is InChI=1S/C23H26N2O4S/c1-14-21(15(2)26)22(24-23(30)25(14)3)17-8-11-19(20(12-17)28-5)29-13-16-6-9-18(27-4)10-7-16/h6-12,22H,13H2,1-5H3,(H,24,30). The Morgan fingerprint density at radius 1 is 1.10 bits per heavy atom. The zero-order valence-electron chi connectivity index (χ0n) is 17.8. The molecule has 0 radical (unpaired) electrons. The highest BCUT2D eigenvalue weighted by Gasteiger charge is 2.31. The Kier molecular flexibility index (Phi) is 6.62. The summed E-state index contributed by atoms with van der Waals surface area (Å²) in [5.74, 6) is 2.01. The molecule has 3 rings (SSSR count). The number of carbonyl (C=O) groups excluding carboxylic acids is 1. The lowest BCUT2D eigenvalue weighted by atomic mass is 9.92. The van der Waals surface area contributed by atoms with Gasteiger partial charge in [0.2, 0.25) is 0 Å². The molecule has 1 aliphatic heterocycles. The molecular formula is C23H26N2O4S. The van der Waals surface area contributed by atoms with Crippen molar-refractivity contribution in [2.24, 2.45) is 0 Å². The molecule has 1 atom stereocenters. The van der Waals surface area contributed by atoms with Gasteiger partial charge in [0.1, 0.15) is 12.4 Å². The third-order valence-corrected chi connectivity index (χ3v) is 5.60. The Balaban J connectivity index is 1.85. The number of hydrogen-bond donors (Lipinski definition) is 1. The summed E-state index contributed by atoms with van der Waals surface area (Å²) in [4.78, 5) is 14.2. The second-order valence-electron chi connectivity index (χ2n) is 7.04. The molecule has 158 valence electrons. The number of methoxy groups -OCH3 is 2. The molecule has 0 spiro atoms. The van der Waals surface area contributed by atoms with Crippen LogP contribution in [0.15, 0.2) is 53.7 Å². The first-order chi connectivity index (χ1) is 14.3. The van der Waals surface area contributed by atoms with E-state index in [2.05, 4.69) is 5.32 Å². The van der Waals surface area contributed by atoms with E-state index in [0.29, 0.717) is 28.8 Å². The number of nitrogens with zero attached hydrogens (tertiary/aromatic N) is 1. The number of hydrogen-bond acceptors (Lipinski definition) is 5. The lowest BCUT2D eigenvalue weighted by Gasteiger charge is -2.35. The average Bonchev–Trinajstić information content (AvgIpc) is 2.75. The minimum atomic E-state index is -0.337. The molecule has 0 aliphatic carbocycles. The number of carbonyl (C=O) groups is 1. The number of nitrogens with one attached hydrogen (secondary N) is 1. The zero-order valence-corrected chi connectivity index (χ0v) is 18.6. The van der Waals surface area contributed by atoms with Gasteiger partial charge in [0.15, 0.2) is 22.4 Å². The van der Waals surface area contributed by atoms with Crippen LogP contribution in [0.5, 0.6) is 17.2 Å². The maximum Gasteiger partial charge on any atom is 0.173 e. The minimum Gasteiger partial charge on any atom is -0.497 e. The average molecular weight is 427 g/mol. The molecule has 0 aromatic heterocycles. The van der Waals surface area contributed by atoms with Crippen molar-refractivity contribution in [1.29, 1.82) is 0 Å². The molecule has 2 aromatic carbocycles. The first-order valence-corrected chi connectivity index (χ1v) is 9.96. The van der Waals surface area contributed by atoms with Crippen LogP contribution in [0.1, 0.15) is 31.0 Å². The molecule has 2 aromatic rings. The van der Waals surface area contributed by atoms with Crippen LogP contribution in [-0.2, 0) is 11.4 Å². The third kappa shape index (κ3) is 4.41. The smallest absolute Gasteiger partial charge is 0.173 e. The maximum atomic E-state index is 12.3. The Bertz CT molecular complexity index is 985. The van der Waals surface area contributed by atoms with Crippen molar-refractivity contribution in [2.45, 2.75) is 26.5 Å². The lowest BCUT2D eigenvalue weighted by Crippen LogP contribution is -2.45. The molecule has 1 aliphatic rings. The van der Waals surface area contributed by atoms with Crippen LogP contribution >= 0.6 is 12.2 Å². The van der Waals surface area contributed by atoms with Gasteiger partial charge in [-0.3, -0.25) is 4.79 Å². The number of allylic oxidation sites excluding steroid dienone is 1. The Morgan fingerprint density at radius 2 is 1.80 bits per heavy atom. The number of rotatable bonds is 7. The highest BCUT2D eigenvalue weighted by Crippen LogP contribution is 2.36. The summed E-state index contributed by atoms with van der Waals surface area (Å²) in [6.07, 6.45) is 0. The minimum absolute atomic E-state index is 0.00171. The monoisotopic (exact) mass is 426 g/mol. The fourth-order valence-corrected chi connectivity index (χ4v) is 3.66. The van der Waals surface area contributed by atoms with E-state index in [-0.39, 0.29) is 11.8 Å². The van der Waals surface area contributed by atoms with Crippen LogP contribution in [0, 0.1) is 0 Å². The van der Waals surface area contributed by atoms with Crippen molar-refractivity contribution < 1.29 is 19.0 Å². The van der Waals surface area contributed by atoms with Crippen molar-refractivity contribution in [3.05, 3.63) is 64.9 Å². The van der Waals surface area contributed by atoms with Gasteiger partial charge in [0.25, 0.3) is 0 Å². The molecule has 0 bridgehead atoms. The van der Waals surface area contributed by atoms with Gasteiger partial charge in [-0.1, -0.05) is 18.2 Å². The Hall–Kier alpha value is -3.06. The summed E-state index contributed by atoms with van der Waals surface area (Å²) in [5, 5.41) is 3.82. The van der Waals surface area contributed by atoms with E-state index in [4.69, 9.17) is 26.4 Å². The Labute approximate surface area is 182 Å². The van der Waals surface area contributed by atoms with Crippen LogP contribution in [-0.4, -0.2) is 37.1 Å². The maximum absolute atomic E-state index is 12.3. The van der Waals surface area contributed by atoms with E-state index >= 15 is 0 Å². The molecule has 1 heterocycles. The first-order valence-electron chi connectivity index (χ1n) is 9.55. The summed E-state index contributed by atoms with van der Waals surface area (Å²) in [5.41, 5.74) is 3.42. The topological polar surface area (TPSA) is 60.0 Å². The van der Waals surface area contributed by atoms with Gasteiger partial charge < -0.3 is 24.4 Å². The van der Waals surface area contributed by atoms with E-state index in [1.54, 1.807) is 21.1 Å². The van der Waals surface area contributed by atoms with E-state index in [1.165, 1.54) is 0 Å².